The van der Waals surface area contributed by atoms with Crippen LogP contribution in [0.4, 0.5) is 0 Å². The second-order valence-electron chi connectivity index (χ2n) is 8.41. The fourth-order valence-electron chi connectivity index (χ4n) is 4.19. The van der Waals surface area contributed by atoms with E-state index >= 15 is 0 Å². The Labute approximate surface area is 209 Å². The van der Waals surface area contributed by atoms with Crippen LogP contribution in [0.15, 0.2) is 71.2 Å². The van der Waals surface area contributed by atoms with Gasteiger partial charge in [-0.25, -0.2) is 0 Å². The first-order chi connectivity index (χ1) is 16.4. The van der Waals surface area contributed by atoms with Gasteiger partial charge in [0.15, 0.2) is 0 Å². The van der Waals surface area contributed by atoms with E-state index in [4.69, 9.17) is 14.6 Å². The van der Waals surface area contributed by atoms with E-state index in [1.807, 2.05) is 54.6 Å². The van der Waals surface area contributed by atoms with Gasteiger partial charge in [0.2, 0.25) is 0 Å². The maximum atomic E-state index is 11.4. The summed E-state index contributed by atoms with van der Waals surface area (Å²) in [7, 11) is 3.18. The molecule has 0 spiro atoms. The highest BCUT2D eigenvalue weighted by atomic mass is 79.9. The third-order valence-electron chi connectivity index (χ3n) is 6.02. The molecule has 0 aliphatic heterocycles. The Morgan fingerprint density at radius 1 is 0.912 bits per heavy atom. The van der Waals surface area contributed by atoms with E-state index in [1.165, 1.54) is 5.56 Å². The summed E-state index contributed by atoms with van der Waals surface area (Å²) in [6, 6.07) is 21.6. The Morgan fingerprint density at radius 2 is 1.50 bits per heavy atom. The SMILES string of the molecule is COc1cc(C(O)[C@H](CCCc2ccccc2)Cc2ccc(CC(=O)O)cc2)cc(OC)c1Br. The summed E-state index contributed by atoms with van der Waals surface area (Å²) >= 11 is 3.49. The molecule has 1 unspecified atom stereocenters. The summed E-state index contributed by atoms with van der Waals surface area (Å²) in [4.78, 5) is 11.0. The van der Waals surface area contributed by atoms with Gasteiger partial charge in [-0.2, -0.15) is 0 Å². The molecule has 2 N–H and O–H groups in total. The third-order valence-corrected chi connectivity index (χ3v) is 6.80. The number of benzene rings is 3. The average molecular weight is 527 g/mol. The number of carboxylic acid groups (broad SMARTS) is 1. The van der Waals surface area contributed by atoms with Gasteiger partial charge in [0.25, 0.3) is 0 Å². The van der Waals surface area contributed by atoms with Crippen LogP contribution in [0.25, 0.3) is 0 Å². The zero-order valence-corrected chi connectivity index (χ0v) is 21.1. The maximum absolute atomic E-state index is 11.4. The van der Waals surface area contributed by atoms with Crippen molar-refractivity contribution < 1.29 is 24.5 Å². The molecule has 2 atom stereocenters. The Bertz CT molecular complexity index is 1040. The topological polar surface area (TPSA) is 76.0 Å². The van der Waals surface area contributed by atoms with E-state index in [0.717, 1.165) is 36.0 Å². The highest BCUT2D eigenvalue weighted by Crippen LogP contribution is 2.40. The number of ether oxygens (including phenoxy) is 2. The first kappa shape index (κ1) is 25.8. The van der Waals surface area contributed by atoms with Crippen molar-refractivity contribution in [2.75, 3.05) is 14.2 Å². The highest BCUT2D eigenvalue weighted by Gasteiger charge is 2.24. The number of hydrogen-bond donors (Lipinski definition) is 2. The zero-order chi connectivity index (χ0) is 24.5. The van der Waals surface area contributed by atoms with Gasteiger partial charge in [-0.05, 0) is 81.9 Å². The average Bonchev–Trinajstić information content (AvgIpc) is 2.84. The second kappa shape index (κ2) is 12.6. The number of aliphatic hydroxyl groups is 1. The number of rotatable bonds is 12. The minimum Gasteiger partial charge on any atom is -0.495 e. The van der Waals surface area contributed by atoms with Gasteiger partial charge >= 0.3 is 5.97 Å². The third kappa shape index (κ3) is 7.08. The number of aliphatic carboxylic acids is 1. The number of halogens is 1. The molecule has 0 aliphatic rings. The summed E-state index contributed by atoms with van der Waals surface area (Å²) in [6.45, 7) is 0. The van der Waals surface area contributed by atoms with Crippen LogP contribution in [0, 0.1) is 5.92 Å². The summed E-state index contributed by atoms with van der Waals surface area (Å²) in [5, 5.41) is 20.5. The molecule has 6 heteroatoms. The number of aliphatic hydroxyl groups excluding tert-OH is 1. The number of carboxylic acids is 1. The monoisotopic (exact) mass is 526 g/mol. The molecule has 0 aromatic heterocycles. The quantitative estimate of drug-likeness (QED) is 0.302. The van der Waals surface area contributed by atoms with Gasteiger partial charge < -0.3 is 19.7 Å². The van der Waals surface area contributed by atoms with Gasteiger partial charge in [-0.3, -0.25) is 4.79 Å². The predicted octanol–water partition coefficient (Wildman–Crippen LogP) is 6.01. The first-order valence-corrected chi connectivity index (χ1v) is 12.1. The van der Waals surface area contributed by atoms with Crippen LogP contribution in [-0.4, -0.2) is 30.4 Å². The number of carbonyl (C=O) groups is 1. The number of aryl methyl sites for hydroxylation is 1. The molecule has 0 heterocycles. The smallest absolute Gasteiger partial charge is 0.307 e. The molecule has 0 aliphatic carbocycles. The standard InChI is InChI=1S/C28H31BrO5/c1-33-24-17-23(18-25(34-2)27(24)29)28(32)22(10-6-9-19-7-4-3-5-8-19)15-20-11-13-21(14-12-20)16-26(30)31/h3-5,7-8,11-14,17-18,22,28,32H,6,9-10,15-16H2,1-2H3,(H,30,31)/t22-,28?/m1/s1. The van der Waals surface area contributed by atoms with Gasteiger partial charge in [0.05, 0.1) is 26.7 Å². The molecular weight excluding hydrogens is 496 g/mol. The molecule has 3 aromatic rings. The van der Waals surface area contributed by atoms with Crippen LogP contribution in [0.5, 0.6) is 11.5 Å². The minimum atomic E-state index is -0.847. The minimum absolute atomic E-state index is 0.00188. The second-order valence-corrected chi connectivity index (χ2v) is 9.21. The predicted molar refractivity (Wildman–Crippen MR) is 137 cm³/mol. The molecule has 0 bridgehead atoms. The van der Waals surface area contributed by atoms with Crippen LogP contribution in [0.3, 0.4) is 0 Å². The molecule has 3 aromatic carbocycles. The van der Waals surface area contributed by atoms with E-state index in [-0.39, 0.29) is 12.3 Å². The van der Waals surface area contributed by atoms with Gasteiger partial charge in [-0.15, -0.1) is 0 Å². The fraction of sp³-hybridized carbons (Fsp3) is 0.321. The lowest BCUT2D eigenvalue weighted by Gasteiger charge is -2.25. The molecule has 0 radical (unpaired) electrons. The lowest BCUT2D eigenvalue weighted by molar-refractivity contribution is -0.136. The molecule has 0 saturated carbocycles. The van der Waals surface area contributed by atoms with Gasteiger partial charge in [0.1, 0.15) is 16.0 Å². The summed E-state index contributed by atoms with van der Waals surface area (Å²) in [5.41, 5.74) is 3.85. The van der Waals surface area contributed by atoms with Crippen molar-refractivity contribution in [3.05, 3.63) is 93.5 Å². The summed E-state index contributed by atoms with van der Waals surface area (Å²) in [6.07, 6.45) is 2.66. The Hall–Kier alpha value is -2.83. The van der Waals surface area contributed by atoms with Crippen LogP contribution in [-0.2, 0) is 24.1 Å². The van der Waals surface area contributed by atoms with Crippen molar-refractivity contribution >= 4 is 21.9 Å². The number of methoxy groups -OCH3 is 2. The van der Waals surface area contributed by atoms with Crippen LogP contribution >= 0.6 is 15.9 Å². The summed E-state index contributed by atoms with van der Waals surface area (Å²) in [5.74, 6) is 0.327. The zero-order valence-electron chi connectivity index (χ0n) is 19.5. The molecular formula is C28H31BrO5. The largest absolute Gasteiger partial charge is 0.495 e. The normalized spacial score (nSPS) is 12.7. The Kier molecular flexibility index (Phi) is 9.54. The fourth-order valence-corrected chi connectivity index (χ4v) is 4.74. The van der Waals surface area contributed by atoms with Crippen LogP contribution in [0.1, 0.15) is 41.2 Å². The van der Waals surface area contributed by atoms with E-state index < -0.39 is 12.1 Å². The molecule has 180 valence electrons. The van der Waals surface area contributed by atoms with Gasteiger partial charge in [0, 0.05) is 0 Å². The lowest BCUT2D eigenvalue weighted by atomic mass is 9.85. The Morgan fingerprint density at radius 3 is 2.06 bits per heavy atom. The molecule has 0 fully saturated rings. The van der Waals surface area contributed by atoms with Crippen molar-refractivity contribution in [2.24, 2.45) is 5.92 Å². The molecule has 0 saturated heterocycles. The molecule has 0 amide bonds. The van der Waals surface area contributed by atoms with Crippen molar-refractivity contribution in [1.29, 1.82) is 0 Å². The maximum Gasteiger partial charge on any atom is 0.307 e. The van der Waals surface area contributed by atoms with E-state index in [2.05, 4.69) is 28.1 Å². The van der Waals surface area contributed by atoms with Gasteiger partial charge in [-0.1, -0.05) is 54.6 Å². The van der Waals surface area contributed by atoms with Crippen molar-refractivity contribution in [3.8, 4) is 11.5 Å². The summed E-state index contributed by atoms with van der Waals surface area (Å²) < 4.78 is 11.7. The van der Waals surface area contributed by atoms with E-state index in [1.54, 1.807) is 14.2 Å². The van der Waals surface area contributed by atoms with Crippen LogP contribution in [0.2, 0.25) is 0 Å². The van der Waals surface area contributed by atoms with Crippen molar-refractivity contribution in [2.45, 2.75) is 38.2 Å². The van der Waals surface area contributed by atoms with Crippen molar-refractivity contribution in [3.63, 3.8) is 0 Å². The molecule has 34 heavy (non-hydrogen) atoms. The van der Waals surface area contributed by atoms with E-state index in [9.17, 15) is 9.90 Å². The first-order valence-electron chi connectivity index (χ1n) is 11.3. The highest BCUT2D eigenvalue weighted by molar-refractivity contribution is 9.10. The Balaban J connectivity index is 1.82. The number of hydrogen-bond acceptors (Lipinski definition) is 4. The van der Waals surface area contributed by atoms with Crippen LogP contribution < -0.4 is 9.47 Å². The molecule has 3 rings (SSSR count). The molecule has 5 nitrogen and oxygen atoms in total. The lowest BCUT2D eigenvalue weighted by Crippen LogP contribution is -2.16. The van der Waals surface area contributed by atoms with E-state index in [0.29, 0.717) is 22.4 Å². The van der Waals surface area contributed by atoms with Crippen molar-refractivity contribution in [1.82, 2.24) is 0 Å².